The van der Waals surface area contributed by atoms with Crippen LogP contribution in [0, 0.1) is 7.14 Å². The van der Waals surface area contributed by atoms with E-state index < -0.39 is 6.04 Å². The average Bonchev–Trinajstić information content (AvgIpc) is 3.20. The quantitative estimate of drug-likeness (QED) is 0.368. The second-order valence-electron chi connectivity index (χ2n) is 8.50. The van der Waals surface area contributed by atoms with Crippen LogP contribution >= 0.6 is 56.5 Å². The molecule has 200 valence electrons. The molecule has 2 heterocycles. The smallest absolute Gasteiger partial charge is 0.271 e. The van der Waals surface area contributed by atoms with Gasteiger partial charge in [-0.1, -0.05) is 11.3 Å². The number of fused-ring (bicyclic) bond motifs is 1. The number of aromatic nitrogens is 1. The number of benzene rings is 2. The Morgan fingerprint density at radius 3 is 2.39 bits per heavy atom. The van der Waals surface area contributed by atoms with Crippen molar-refractivity contribution in [1.82, 2.24) is 9.47 Å². The van der Waals surface area contributed by atoms with Gasteiger partial charge in [0.25, 0.3) is 11.5 Å². The monoisotopic (exact) mass is 759 g/mol. The maximum Gasteiger partial charge on any atom is 0.271 e. The Bertz CT molecular complexity index is 1600. The van der Waals surface area contributed by atoms with Crippen LogP contribution in [0.15, 0.2) is 51.4 Å². The minimum atomic E-state index is -0.758. The van der Waals surface area contributed by atoms with Gasteiger partial charge in [-0.05, 0) is 108 Å². The van der Waals surface area contributed by atoms with Gasteiger partial charge in [-0.15, -0.1) is 0 Å². The van der Waals surface area contributed by atoms with Gasteiger partial charge in [-0.25, -0.2) is 4.99 Å². The standard InChI is InChI=1S/C27H27I2N3O5S/c1-6-31(7-2)26(35)22-14(3)30-27-32(23(22)17-13-16(36-4)8-9-20(17)37-5)25(34)21(38-27)12-15-10-18(28)24(33)19(29)11-15/h8-13,23,33H,6-7H2,1-5H3/b21-12+/t23-/m1/s1. The molecule has 0 saturated heterocycles. The highest BCUT2D eigenvalue weighted by molar-refractivity contribution is 14.1. The molecule has 38 heavy (non-hydrogen) atoms. The number of methoxy groups -OCH3 is 2. The van der Waals surface area contributed by atoms with E-state index in [0.29, 0.717) is 57.9 Å². The maximum absolute atomic E-state index is 14.0. The second-order valence-corrected chi connectivity index (χ2v) is 11.8. The van der Waals surface area contributed by atoms with E-state index in [1.807, 2.05) is 26.0 Å². The van der Waals surface area contributed by atoms with Crippen LogP contribution < -0.4 is 24.4 Å². The van der Waals surface area contributed by atoms with Gasteiger partial charge < -0.3 is 19.5 Å². The molecule has 1 aromatic heterocycles. The van der Waals surface area contributed by atoms with Crippen LogP contribution in [0.25, 0.3) is 6.08 Å². The van der Waals surface area contributed by atoms with Crippen LogP contribution in [0.5, 0.6) is 17.2 Å². The summed E-state index contributed by atoms with van der Waals surface area (Å²) < 4.78 is 14.6. The molecule has 11 heteroatoms. The number of likely N-dealkylation sites (N-methyl/N-ethyl adjacent to an activating group) is 1. The molecule has 1 atom stereocenters. The van der Waals surface area contributed by atoms with Crippen molar-refractivity contribution in [2.75, 3.05) is 27.3 Å². The molecule has 0 radical (unpaired) electrons. The number of phenols is 1. The summed E-state index contributed by atoms with van der Waals surface area (Å²) in [7, 11) is 3.13. The SMILES string of the molecule is CCN(CC)C(=O)C1=C(C)N=c2s/c(=C/c3cc(I)c(O)c(I)c3)c(=O)n2[C@@H]1c1cc(OC)ccc1OC. The highest BCUT2D eigenvalue weighted by Crippen LogP contribution is 2.38. The first kappa shape index (κ1) is 28.6. The summed E-state index contributed by atoms with van der Waals surface area (Å²) in [6.45, 7) is 6.70. The van der Waals surface area contributed by atoms with Crippen molar-refractivity contribution in [3.05, 3.63) is 79.6 Å². The summed E-state index contributed by atoms with van der Waals surface area (Å²) in [6, 6.07) is 8.24. The molecular weight excluding hydrogens is 732 g/mol. The molecule has 4 rings (SSSR count). The van der Waals surface area contributed by atoms with Gasteiger partial charge in [-0.3, -0.25) is 14.2 Å². The molecule has 0 aliphatic carbocycles. The number of allylic oxidation sites excluding steroid dienone is 1. The maximum atomic E-state index is 14.0. The summed E-state index contributed by atoms with van der Waals surface area (Å²) in [5, 5.41) is 10.2. The Hall–Kier alpha value is -2.39. The van der Waals surface area contributed by atoms with Gasteiger partial charge in [0.2, 0.25) is 0 Å². The van der Waals surface area contributed by atoms with Gasteiger partial charge in [-0.2, -0.15) is 0 Å². The number of hydrogen-bond acceptors (Lipinski definition) is 7. The highest BCUT2D eigenvalue weighted by Gasteiger charge is 2.36. The molecule has 0 fully saturated rings. The van der Waals surface area contributed by atoms with Gasteiger partial charge >= 0.3 is 0 Å². The van der Waals surface area contributed by atoms with Crippen molar-refractivity contribution in [3.63, 3.8) is 0 Å². The fourth-order valence-electron chi connectivity index (χ4n) is 4.44. The summed E-state index contributed by atoms with van der Waals surface area (Å²) in [6.07, 6.45) is 1.79. The fraction of sp³-hybridized carbons (Fsp3) is 0.296. The molecule has 0 unspecified atom stereocenters. The Morgan fingerprint density at radius 1 is 1.16 bits per heavy atom. The predicted molar refractivity (Wildman–Crippen MR) is 165 cm³/mol. The first-order valence-electron chi connectivity index (χ1n) is 11.9. The normalized spacial score (nSPS) is 15.2. The van der Waals surface area contributed by atoms with E-state index in [4.69, 9.17) is 14.5 Å². The zero-order chi connectivity index (χ0) is 27.7. The van der Waals surface area contributed by atoms with Crippen molar-refractivity contribution < 1.29 is 19.4 Å². The number of phenolic OH excluding ortho intramolecular Hbond substituents is 1. The minimum Gasteiger partial charge on any atom is -0.506 e. The second kappa shape index (κ2) is 11.8. The number of aromatic hydroxyl groups is 1. The van der Waals surface area contributed by atoms with E-state index in [1.165, 1.54) is 11.3 Å². The lowest BCUT2D eigenvalue weighted by molar-refractivity contribution is -0.127. The zero-order valence-electron chi connectivity index (χ0n) is 21.5. The van der Waals surface area contributed by atoms with Gasteiger partial charge in [0, 0.05) is 18.7 Å². The Kier molecular flexibility index (Phi) is 8.87. The zero-order valence-corrected chi connectivity index (χ0v) is 26.7. The molecule has 0 saturated carbocycles. The van der Waals surface area contributed by atoms with Gasteiger partial charge in [0.1, 0.15) is 23.3 Å². The van der Waals surface area contributed by atoms with Gasteiger partial charge in [0.15, 0.2) is 4.80 Å². The number of hydrogen-bond donors (Lipinski definition) is 1. The lowest BCUT2D eigenvalue weighted by Crippen LogP contribution is -2.43. The van der Waals surface area contributed by atoms with Crippen LogP contribution in [-0.2, 0) is 4.79 Å². The molecule has 1 N–H and O–H groups in total. The third-order valence-corrected chi connectivity index (χ3v) is 9.00. The molecule has 0 bridgehead atoms. The number of thiazole rings is 1. The molecular formula is C27H27I2N3O5S. The fourth-order valence-corrected chi connectivity index (χ4v) is 7.31. The predicted octanol–water partition coefficient (Wildman–Crippen LogP) is 4.04. The molecule has 3 aromatic rings. The summed E-state index contributed by atoms with van der Waals surface area (Å²) >= 11 is 5.40. The number of carbonyl (C=O) groups is 1. The first-order chi connectivity index (χ1) is 18.1. The first-order valence-corrected chi connectivity index (χ1v) is 14.8. The summed E-state index contributed by atoms with van der Waals surface area (Å²) in [5.74, 6) is 1.15. The van der Waals surface area contributed by atoms with Crippen LogP contribution in [0.3, 0.4) is 0 Å². The van der Waals surface area contributed by atoms with Crippen LogP contribution in [-0.4, -0.2) is 47.8 Å². The molecule has 1 aliphatic rings. The third-order valence-electron chi connectivity index (χ3n) is 6.37. The van der Waals surface area contributed by atoms with Crippen LogP contribution in [0.2, 0.25) is 0 Å². The van der Waals surface area contributed by atoms with Crippen LogP contribution in [0.1, 0.15) is 37.9 Å². The van der Waals surface area contributed by atoms with E-state index in [0.717, 1.165) is 5.56 Å². The Labute approximate surface area is 251 Å². The topological polar surface area (TPSA) is 93.4 Å². The van der Waals surface area contributed by atoms with E-state index >= 15 is 0 Å². The molecule has 8 nitrogen and oxygen atoms in total. The summed E-state index contributed by atoms with van der Waals surface area (Å²) in [5.41, 5.74) is 2.14. The Morgan fingerprint density at radius 2 is 1.82 bits per heavy atom. The van der Waals surface area contributed by atoms with Crippen molar-refractivity contribution in [2.45, 2.75) is 26.8 Å². The van der Waals surface area contributed by atoms with Crippen molar-refractivity contribution in [1.29, 1.82) is 0 Å². The third kappa shape index (κ3) is 5.24. The number of amides is 1. The largest absolute Gasteiger partial charge is 0.506 e. The van der Waals surface area contributed by atoms with Gasteiger partial charge in [0.05, 0.1) is 37.2 Å². The molecule has 0 spiro atoms. The number of carbonyl (C=O) groups excluding carboxylic acids is 1. The molecule has 2 aromatic carbocycles. The lowest BCUT2D eigenvalue weighted by Gasteiger charge is -2.30. The summed E-state index contributed by atoms with van der Waals surface area (Å²) in [4.78, 5) is 34.8. The highest BCUT2D eigenvalue weighted by atomic mass is 127. The number of ether oxygens (including phenoxy) is 2. The van der Waals surface area contributed by atoms with Crippen molar-refractivity contribution >= 4 is 68.5 Å². The van der Waals surface area contributed by atoms with E-state index in [-0.39, 0.29) is 17.2 Å². The number of nitrogens with zero attached hydrogens (tertiary/aromatic N) is 3. The minimum absolute atomic E-state index is 0.178. The number of halogens is 2. The molecule has 1 aliphatic heterocycles. The molecule has 1 amide bonds. The van der Waals surface area contributed by atoms with E-state index in [2.05, 4.69) is 45.2 Å². The lowest BCUT2D eigenvalue weighted by atomic mass is 9.93. The number of rotatable bonds is 7. The van der Waals surface area contributed by atoms with Crippen LogP contribution in [0.4, 0.5) is 0 Å². The van der Waals surface area contributed by atoms with Crippen molar-refractivity contribution in [3.8, 4) is 17.2 Å². The Balaban J connectivity index is 2.03. The average molecular weight is 759 g/mol. The van der Waals surface area contributed by atoms with E-state index in [1.54, 1.807) is 54.9 Å². The van der Waals surface area contributed by atoms with Crippen molar-refractivity contribution in [2.24, 2.45) is 4.99 Å². The van der Waals surface area contributed by atoms with E-state index in [9.17, 15) is 14.7 Å².